The number of oxazole rings is 1. The second-order valence-electron chi connectivity index (χ2n) is 6.47. The summed E-state index contributed by atoms with van der Waals surface area (Å²) < 4.78 is 5.73. The summed E-state index contributed by atoms with van der Waals surface area (Å²) in [6.07, 6.45) is 0. The van der Waals surface area contributed by atoms with Crippen LogP contribution < -0.4 is 5.32 Å². The van der Waals surface area contributed by atoms with E-state index in [-0.39, 0.29) is 17.2 Å². The standard InChI is InChI=1S/C23H20N2O2S/c1-16(28-23-24-19-14-8-9-15-20(19)27-23)22(26)25-21(17-10-4-2-5-11-17)18-12-6-3-7-13-18/h2-16,21H,1H3,(H,25,26)/t16-/m1/s1. The van der Waals surface area contributed by atoms with Crippen LogP contribution in [0.25, 0.3) is 11.1 Å². The zero-order chi connectivity index (χ0) is 19.3. The zero-order valence-electron chi connectivity index (χ0n) is 15.4. The number of benzene rings is 3. The van der Waals surface area contributed by atoms with Crippen LogP contribution in [0.2, 0.25) is 0 Å². The number of nitrogens with one attached hydrogen (secondary N) is 1. The smallest absolute Gasteiger partial charge is 0.257 e. The van der Waals surface area contributed by atoms with Crippen LogP contribution >= 0.6 is 11.8 Å². The molecule has 0 bridgehead atoms. The summed E-state index contributed by atoms with van der Waals surface area (Å²) in [5.74, 6) is -0.0648. The highest BCUT2D eigenvalue weighted by Gasteiger charge is 2.22. The van der Waals surface area contributed by atoms with Gasteiger partial charge in [0.2, 0.25) is 5.91 Å². The largest absolute Gasteiger partial charge is 0.431 e. The molecule has 0 aliphatic carbocycles. The van der Waals surface area contributed by atoms with Gasteiger partial charge in [-0.15, -0.1) is 0 Å². The van der Waals surface area contributed by atoms with Crippen molar-refractivity contribution in [3.05, 3.63) is 96.1 Å². The van der Waals surface area contributed by atoms with Crippen molar-refractivity contribution in [3.63, 3.8) is 0 Å². The normalized spacial score (nSPS) is 12.2. The molecule has 0 unspecified atom stereocenters. The molecule has 1 N–H and O–H groups in total. The highest BCUT2D eigenvalue weighted by Crippen LogP contribution is 2.28. The van der Waals surface area contributed by atoms with Gasteiger partial charge >= 0.3 is 0 Å². The number of nitrogens with zero attached hydrogens (tertiary/aromatic N) is 1. The summed E-state index contributed by atoms with van der Waals surface area (Å²) in [6, 6.07) is 27.3. The fraction of sp³-hybridized carbons (Fsp3) is 0.130. The Hall–Kier alpha value is -3.05. The van der Waals surface area contributed by atoms with E-state index in [1.807, 2.05) is 91.9 Å². The van der Waals surface area contributed by atoms with Crippen molar-refractivity contribution in [2.24, 2.45) is 0 Å². The fourth-order valence-corrected chi connectivity index (χ4v) is 3.78. The third-order valence-corrected chi connectivity index (χ3v) is 5.42. The lowest BCUT2D eigenvalue weighted by Gasteiger charge is -2.21. The number of rotatable bonds is 6. The third-order valence-electron chi connectivity index (χ3n) is 4.47. The number of carbonyl (C=O) groups is 1. The molecule has 3 aromatic carbocycles. The lowest BCUT2D eigenvalue weighted by molar-refractivity contribution is -0.120. The molecular formula is C23H20N2O2S. The average Bonchev–Trinajstić information content (AvgIpc) is 3.15. The molecule has 1 atom stereocenters. The van der Waals surface area contributed by atoms with Crippen LogP contribution in [0, 0.1) is 0 Å². The molecule has 0 saturated carbocycles. The molecule has 1 heterocycles. The summed E-state index contributed by atoms with van der Waals surface area (Å²) >= 11 is 1.32. The molecule has 0 fully saturated rings. The first-order valence-electron chi connectivity index (χ1n) is 9.13. The second-order valence-corrected chi connectivity index (χ2v) is 7.76. The predicted molar refractivity (Wildman–Crippen MR) is 112 cm³/mol. The maximum Gasteiger partial charge on any atom is 0.257 e. The van der Waals surface area contributed by atoms with Gasteiger partial charge in [0.25, 0.3) is 5.22 Å². The summed E-state index contributed by atoms with van der Waals surface area (Å²) in [5, 5.41) is 3.33. The van der Waals surface area contributed by atoms with Crippen molar-refractivity contribution in [3.8, 4) is 0 Å². The van der Waals surface area contributed by atoms with Crippen molar-refractivity contribution in [1.82, 2.24) is 10.3 Å². The molecule has 0 radical (unpaired) electrons. The van der Waals surface area contributed by atoms with E-state index in [0.29, 0.717) is 5.22 Å². The first kappa shape index (κ1) is 18.3. The lowest BCUT2D eigenvalue weighted by atomic mass is 9.98. The van der Waals surface area contributed by atoms with Crippen LogP contribution in [0.3, 0.4) is 0 Å². The third kappa shape index (κ3) is 4.10. The Bertz CT molecular complexity index is 991. The van der Waals surface area contributed by atoms with Gasteiger partial charge in [0.05, 0.1) is 11.3 Å². The average molecular weight is 388 g/mol. The number of hydrogen-bond acceptors (Lipinski definition) is 4. The molecule has 140 valence electrons. The summed E-state index contributed by atoms with van der Waals surface area (Å²) in [7, 11) is 0. The van der Waals surface area contributed by atoms with Crippen molar-refractivity contribution in [2.75, 3.05) is 0 Å². The minimum Gasteiger partial charge on any atom is -0.431 e. The van der Waals surface area contributed by atoms with Crippen molar-refractivity contribution in [1.29, 1.82) is 0 Å². The number of amides is 1. The number of para-hydroxylation sites is 2. The number of aromatic nitrogens is 1. The number of hydrogen-bond donors (Lipinski definition) is 1. The van der Waals surface area contributed by atoms with Crippen LogP contribution in [0.1, 0.15) is 24.1 Å². The quantitative estimate of drug-likeness (QED) is 0.461. The highest BCUT2D eigenvalue weighted by atomic mass is 32.2. The van der Waals surface area contributed by atoms with Crippen LogP contribution in [-0.4, -0.2) is 16.1 Å². The maximum absolute atomic E-state index is 12.9. The monoisotopic (exact) mass is 388 g/mol. The molecule has 0 spiro atoms. The predicted octanol–water partition coefficient (Wildman–Crippen LogP) is 5.21. The molecular weight excluding hydrogens is 368 g/mol. The zero-order valence-corrected chi connectivity index (χ0v) is 16.2. The Kier molecular flexibility index (Phi) is 5.44. The van der Waals surface area contributed by atoms with Gasteiger partial charge in [0, 0.05) is 0 Å². The molecule has 0 aliphatic rings. The Morgan fingerprint density at radius 3 is 2.07 bits per heavy atom. The van der Waals surface area contributed by atoms with E-state index >= 15 is 0 Å². The molecule has 1 aromatic heterocycles. The van der Waals surface area contributed by atoms with E-state index in [2.05, 4.69) is 10.3 Å². The lowest BCUT2D eigenvalue weighted by Crippen LogP contribution is -2.34. The van der Waals surface area contributed by atoms with Crippen LogP contribution in [0.5, 0.6) is 0 Å². The summed E-state index contributed by atoms with van der Waals surface area (Å²) in [6.45, 7) is 1.86. The maximum atomic E-state index is 12.9. The first-order chi connectivity index (χ1) is 13.7. The first-order valence-corrected chi connectivity index (χ1v) is 10.0. The van der Waals surface area contributed by atoms with E-state index in [9.17, 15) is 4.79 Å². The molecule has 0 saturated heterocycles. The summed E-state index contributed by atoms with van der Waals surface area (Å²) in [4.78, 5) is 17.4. The molecule has 1 amide bonds. The SMILES string of the molecule is C[C@@H](Sc1nc2ccccc2o1)C(=O)NC(c1ccccc1)c1ccccc1. The van der Waals surface area contributed by atoms with Gasteiger partial charge in [0.15, 0.2) is 5.58 Å². The van der Waals surface area contributed by atoms with Crippen LogP contribution in [0.4, 0.5) is 0 Å². The van der Waals surface area contributed by atoms with Gasteiger partial charge in [-0.3, -0.25) is 4.79 Å². The van der Waals surface area contributed by atoms with Gasteiger partial charge in [-0.25, -0.2) is 4.98 Å². The van der Waals surface area contributed by atoms with E-state index < -0.39 is 0 Å². The van der Waals surface area contributed by atoms with Gasteiger partial charge in [0.1, 0.15) is 5.52 Å². The number of thioether (sulfide) groups is 1. The molecule has 4 nitrogen and oxygen atoms in total. The van der Waals surface area contributed by atoms with Crippen LogP contribution in [-0.2, 0) is 4.79 Å². The molecule has 5 heteroatoms. The van der Waals surface area contributed by atoms with E-state index in [0.717, 1.165) is 22.2 Å². The fourth-order valence-electron chi connectivity index (χ4n) is 3.02. The topological polar surface area (TPSA) is 55.1 Å². The van der Waals surface area contributed by atoms with E-state index in [1.54, 1.807) is 0 Å². The van der Waals surface area contributed by atoms with Gasteiger partial charge < -0.3 is 9.73 Å². The van der Waals surface area contributed by atoms with E-state index in [4.69, 9.17) is 4.42 Å². The highest BCUT2D eigenvalue weighted by molar-refractivity contribution is 8.00. The minimum absolute atomic E-state index is 0.0648. The number of carbonyl (C=O) groups excluding carboxylic acids is 1. The van der Waals surface area contributed by atoms with E-state index in [1.165, 1.54) is 11.8 Å². The minimum atomic E-state index is -0.344. The Labute approximate surface area is 168 Å². The molecule has 4 aromatic rings. The van der Waals surface area contributed by atoms with Gasteiger partial charge in [-0.1, -0.05) is 84.6 Å². The van der Waals surface area contributed by atoms with Crippen molar-refractivity contribution < 1.29 is 9.21 Å². The van der Waals surface area contributed by atoms with Crippen molar-refractivity contribution >= 4 is 28.8 Å². The summed E-state index contributed by atoms with van der Waals surface area (Å²) in [5.41, 5.74) is 3.61. The number of fused-ring (bicyclic) bond motifs is 1. The Balaban J connectivity index is 1.52. The van der Waals surface area contributed by atoms with Gasteiger partial charge in [-0.2, -0.15) is 0 Å². The molecule has 0 aliphatic heterocycles. The second kappa shape index (κ2) is 8.31. The van der Waals surface area contributed by atoms with Crippen molar-refractivity contribution in [2.45, 2.75) is 23.4 Å². The van der Waals surface area contributed by atoms with Gasteiger partial charge in [-0.05, 0) is 30.2 Å². The molecule has 4 rings (SSSR count). The van der Waals surface area contributed by atoms with Crippen LogP contribution in [0.15, 0.2) is 94.6 Å². The Morgan fingerprint density at radius 1 is 0.893 bits per heavy atom. The molecule has 28 heavy (non-hydrogen) atoms. The Morgan fingerprint density at radius 2 is 1.46 bits per heavy atom.